The molecule has 90 valence electrons. The van der Waals surface area contributed by atoms with Crippen molar-refractivity contribution < 1.29 is 14.2 Å². The Morgan fingerprint density at radius 1 is 1.56 bits per heavy atom. The molecular weight excluding hydrogens is 298 g/mol. The molecule has 0 aliphatic heterocycles. The average Bonchev–Trinajstić information content (AvgIpc) is 2.26. The highest BCUT2D eigenvalue weighted by Gasteiger charge is 2.22. The van der Waals surface area contributed by atoms with Gasteiger partial charge in [0.25, 0.3) is 0 Å². The van der Waals surface area contributed by atoms with Gasteiger partial charge in [-0.2, -0.15) is 0 Å². The van der Waals surface area contributed by atoms with E-state index in [9.17, 15) is 9.50 Å². The van der Waals surface area contributed by atoms with Crippen LogP contribution in [-0.2, 0) is 4.74 Å². The fraction of sp³-hybridized carbons (Fsp3) is 0.455. The van der Waals surface area contributed by atoms with Crippen molar-refractivity contribution in [3.05, 3.63) is 33.0 Å². The van der Waals surface area contributed by atoms with Crippen LogP contribution in [0.25, 0.3) is 0 Å². The molecule has 0 spiro atoms. The quantitative estimate of drug-likeness (QED) is 0.859. The zero-order valence-corrected chi connectivity index (χ0v) is 11.3. The van der Waals surface area contributed by atoms with Crippen molar-refractivity contribution in [2.75, 3.05) is 6.61 Å². The molecule has 1 aromatic rings. The first-order valence-electron chi connectivity index (χ1n) is 4.92. The zero-order valence-electron chi connectivity index (χ0n) is 9.01. The summed E-state index contributed by atoms with van der Waals surface area (Å²) >= 11 is 8.85. The van der Waals surface area contributed by atoms with Crippen molar-refractivity contribution in [3.8, 4) is 0 Å². The largest absolute Gasteiger partial charge is 0.386 e. The lowest BCUT2D eigenvalue weighted by Crippen LogP contribution is -2.19. The number of hydrogen-bond donors (Lipinski definition) is 1. The summed E-state index contributed by atoms with van der Waals surface area (Å²) in [5, 5.41) is 9.85. The van der Waals surface area contributed by atoms with Gasteiger partial charge in [0.15, 0.2) is 0 Å². The van der Waals surface area contributed by atoms with E-state index >= 15 is 0 Å². The molecule has 0 saturated heterocycles. The summed E-state index contributed by atoms with van der Waals surface area (Å²) in [6, 6.07) is 3.09. The molecule has 0 aromatic heterocycles. The summed E-state index contributed by atoms with van der Waals surface area (Å²) in [5.74, 6) is -0.616. The molecule has 0 radical (unpaired) electrons. The van der Waals surface area contributed by atoms with Gasteiger partial charge in [-0.1, -0.05) is 17.7 Å². The number of hydrogen-bond acceptors (Lipinski definition) is 2. The van der Waals surface area contributed by atoms with Crippen LogP contribution in [-0.4, -0.2) is 17.8 Å². The highest BCUT2D eigenvalue weighted by atomic mass is 79.9. The van der Waals surface area contributed by atoms with E-state index in [0.717, 1.165) is 0 Å². The van der Waals surface area contributed by atoms with E-state index < -0.39 is 18.0 Å². The van der Waals surface area contributed by atoms with Crippen LogP contribution in [0.4, 0.5) is 4.39 Å². The van der Waals surface area contributed by atoms with Crippen molar-refractivity contribution in [1.29, 1.82) is 0 Å². The predicted molar refractivity (Wildman–Crippen MR) is 65.2 cm³/mol. The van der Waals surface area contributed by atoms with Gasteiger partial charge in [0.1, 0.15) is 11.9 Å². The van der Waals surface area contributed by atoms with E-state index in [1.165, 1.54) is 6.07 Å². The summed E-state index contributed by atoms with van der Waals surface area (Å²) in [6.45, 7) is 3.96. The monoisotopic (exact) mass is 310 g/mol. The normalized spacial score (nSPS) is 14.9. The third-order valence-corrected chi connectivity index (χ3v) is 3.52. The third kappa shape index (κ3) is 2.94. The van der Waals surface area contributed by atoms with E-state index in [0.29, 0.717) is 11.1 Å². The molecule has 1 rings (SSSR count). The molecule has 1 N–H and O–H groups in total. The Kier molecular flexibility index (Phi) is 5.18. The van der Waals surface area contributed by atoms with Crippen LogP contribution in [0.3, 0.4) is 0 Å². The Balaban J connectivity index is 3.00. The molecule has 0 aliphatic carbocycles. The Hall–Kier alpha value is -0.160. The first-order valence-corrected chi connectivity index (χ1v) is 6.09. The van der Waals surface area contributed by atoms with E-state index in [1.807, 2.05) is 6.92 Å². The molecule has 16 heavy (non-hydrogen) atoms. The van der Waals surface area contributed by atoms with Crippen LogP contribution in [0.15, 0.2) is 16.6 Å². The van der Waals surface area contributed by atoms with Crippen molar-refractivity contribution in [3.63, 3.8) is 0 Å². The maximum absolute atomic E-state index is 13.7. The van der Waals surface area contributed by atoms with Crippen LogP contribution < -0.4 is 0 Å². The van der Waals surface area contributed by atoms with Crippen LogP contribution in [0.2, 0.25) is 5.02 Å². The first kappa shape index (κ1) is 13.9. The lowest BCUT2D eigenvalue weighted by atomic mass is 10.0. The van der Waals surface area contributed by atoms with Crippen LogP contribution >= 0.6 is 27.5 Å². The van der Waals surface area contributed by atoms with Gasteiger partial charge < -0.3 is 9.84 Å². The number of rotatable bonds is 4. The second-order valence-electron chi connectivity index (χ2n) is 3.37. The molecule has 0 saturated carbocycles. The summed E-state index contributed by atoms with van der Waals surface area (Å²) in [5.41, 5.74) is 0.147. The highest BCUT2D eigenvalue weighted by molar-refractivity contribution is 9.10. The van der Waals surface area contributed by atoms with Gasteiger partial charge >= 0.3 is 0 Å². The van der Waals surface area contributed by atoms with Crippen LogP contribution in [0, 0.1) is 5.82 Å². The molecule has 2 atom stereocenters. The fourth-order valence-electron chi connectivity index (χ4n) is 1.38. The lowest BCUT2D eigenvalue weighted by Gasteiger charge is -2.20. The molecule has 1 aromatic carbocycles. The minimum absolute atomic E-state index is 0.0275. The maximum Gasteiger partial charge on any atom is 0.148 e. The van der Waals surface area contributed by atoms with Gasteiger partial charge in [-0.15, -0.1) is 0 Å². The smallest absolute Gasteiger partial charge is 0.148 e. The molecule has 0 bridgehead atoms. The molecular formula is C11H13BrClFO2. The van der Waals surface area contributed by atoms with Crippen molar-refractivity contribution in [2.24, 2.45) is 0 Å². The van der Waals surface area contributed by atoms with Gasteiger partial charge in [0.05, 0.1) is 11.1 Å². The molecule has 0 amide bonds. The molecule has 0 fully saturated rings. The number of benzene rings is 1. The Morgan fingerprint density at radius 2 is 2.19 bits per heavy atom. The predicted octanol–water partition coefficient (Wildman–Crippen LogP) is 3.70. The maximum atomic E-state index is 13.7. The minimum atomic E-state index is -1.02. The SMILES string of the molecule is CCOC(C)C(O)c1ccc(Br)c(Cl)c1F. The van der Waals surface area contributed by atoms with Crippen molar-refractivity contribution >= 4 is 27.5 Å². The Morgan fingerprint density at radius 3 is 2.75 bits per heavy atom. The summed E-state index contributed by atoms with van der Waals surface area (Å²) in [6.07, 6.45) is -1.50. The Bertz CT molecular complexity index is 373. The summed E-state index contributed by atoms with van der Waals surface area (Å²) < 4.78 is 19.4. The Labute approximate surface area is 108 Å². The van der Waals surface area contributed by atoms with E-state index in [2.05, 4.69) is 15.9 Å². The van der Waals surface area contributed by atoms with Crippen LogP contribution in [0.5, 0.6) is 0 Å². The number of ether oxygens (including phenoxy) is 1. The third-order valence-electron chi connectivity index (χ3n) is 2.26. The number of halogens is 3. The standard InChI is InChI=1S/C11H13BrClFO2/c1-3-16-6(2)11(15)7-4-5-8(12)9(13)10(7)14/h4-6,11,15H,3H2,1-2H3. The molecule has 0 aliphatic rings. The van der Waals surface area contributed by atoms with Gasteiger partial charge in [0.2, 0.25) is 0 Å². The summed E-state index contributed by atoms with van der Waals surface area (Å²) in [7, 11) is 0. The molecule has 5 heteroatoms. The van der Waals surface area contributed by atoms with Crippen molar-refractivity contribution in [2.45, 2.75) is 26.1 Å². The number of aliphatic hydroxyl groups is 1. The van der Waals surface area contributed by atoms with E-state index in [-0.39, 0.29) is 10.6 Å². The average molecular weight is 312 g/mol. The zero-order chi connectivity index (χ0) is 12.3. The molecule has 2 nitrogen and oxygen atoms in total. The van der Waals surface area contributed by atoms with E-state index in [1.54, 1.807) is 13.0 Å². The molecule has 0 heterocycles. The minimum Gasteiger partial charge on any atom is -0.386 e. The topological polar surface area (TPSA) is 29.5 Å². The van der Waals surface area contributed by atoms with Gasteiger partial charge in [-0.05, 0) is 35.8 Å². The fourth-order valence-corrected chi connectivity index (χ4v) is 1.85. The van der Waals surface area contributed by atoms with Gasteiger partial charge in [-0.3, -0.25) is 0 Å². The lowest BCUT2D eigenvalue weighted by molar-refractivity contribution is -0.0242. The second-order valence-corrected chi connectivity index (χ2v) is 4.60. The van der Waals surface area contributed by atoms with Gasteiger partial charge in [0, 0.05) is 16.6 Å². The number of aliphatic hydroxyl groups excluding tert-OH is 1. The highest BCUT2D eigenvalue weighted by Crippen LogP contribution is 2.31. The molecule has 2 unspecified atom stereocenters. The first-order chi connectivity index (χ1) is 7.49. The summed E-state index contributed by atoms with van der Waals surface area (Å²) in [4.78, 5) is 0. The van der Waals surface area contributed by atoms with Crippen LogP contribution in [0.1, 0.15) is 25.5 Å². The van der Waals surface area contributed by atoms with Gasteiger partial charge in [-0.25, -0.2) is 4.39 Å². The van der Waals surface area contributed by atoms with E-state index in [4.69, 9.17) is 16.3 Å². The second kappa shape index (κ2) is 5.96. The van der Waals surface area contributed by atoms with Crippen molar-refractivity contribution in [1.82, 2.24) is 0 Å².